The fraction of sp³-hybridized carbons (Fsp3) is 0.647. The average Bonchev–Trinajstić information content (AvgIpc) is 3.42. The van der Waals surface area contributed by atoms with Crippen LogP contribution in [0.25, 0.3) is 0 Å². The molecule has 10 heterocycles. The molecule has 0 amide bonds. The summed E-state index contributed by atoms with van der Waals surface area (Å²) in [4.78, 5) is 11.0. The maximum absolute atomic E-state index is 5.40. The Labute approximate surface area is 110 Å². The summed E-state index contributed by atoms with van der Waals surface area (Å²) >= 11 is 0. The van der Waals surface area contributed by atoms with Crippen LogP contribution >= 0.6 is 9.24 Å². The predicted molar refractivity (Wildman–Crippen MR) is 77.1 cm³/mol. The molecule has 20 heavy (non-hydrogen) atoms. The topological polar surface area (TPSA) is 9.23 Å². The quantitative estimate of drug-likeness (QED) is 0.583. The molecule has 0 radical (unpaired) electrons. The summed E-state index contributed by atoms with van der Waals surface area (Å²) in [6.45, 7) is -3.10. The van der Waals surface area contributed by atoms with E-state index in [1.165, 1.54) is 38.5 Å². The van der Waals surface area contributed by atoms with E-state index in [9.17, 15) is 0 Å². The van der Waals surface area contributed by atoms with Crippen LogP contribution in [0.1, 0.15) is 5.56 Å². The molecule has 1 aromatic rings. The molecular weight excluding hydrogens is 307 g/mol. The Bertz CT molecular complexity index is 1210. The molecule has 10 fully saturated rings. The summed E-state index contributed by atoms with van der Waals surface area (Å²) in [5.74, 6) is 1.04. The van der Waals surface area contributed by atoms with Gasteiger partial charge in [-0.15, -0.1) is 0 Å². The van der Waals surface area contributed by atoms with Gasteiger partial charge < -0.3 is 0 Å². The number of methoxy groups -OCH3 is 1. The van der Waals surface area contributed by atoms with Crippen molar-refractivity contribution in [3.05, 3.63) is 29.8 Å². The molecule has 10 aliphatic rings. The van der Waals surface area contributed by atoms with Crippen molar-refractivity contribution < 1.29 is 11.2 Å². The minimum atomic E-state index is -3.10. The van der Waals surface area contributed by atoms with Crippen molar-refractivity contribution in [1.29, 1.82) is 0 Å². The van der Waals surface area contributed by atoms with Crippen molar-refractivity contribution in [2.75, 3.05) is 7.11 Å². The molecule has 0 bridgehead atoms. The van der Waals surface area contributed by atoms with Crippen LogP contribution in [0, 0.1) is 0 Å². The van der Waals surface area contributed by atoms with Gasteiger partial charge in [0.25, 0.3) is 0 Å². The number of hydrogen-bond acceptors (Lipinski definition) is 1. The molecule has 6 atom stereocenters. The van der Waals surface area contributed by atoms with Crippen molar-refractivity contribution in [1.82, 2.24) is 0 Å². The molecule has 6 unspecified atom stereocenters. The van der Waals surface area contributed by atoms with E-state index < -0.39 is 6.51 Å². The van der Waals surface area contributed by atoms with E-state index in [-0.39, 0.29) is 0 Å². The van der Waals surface area contributed by atoms with Gasteiger partial charge in [-0.2, -0.15) is 0 Å². The van der Waals surface area contributed by atoms with Gasteiger partial charge >= 0.3 is 110 Å². The van der Waals surface area contributed by atoms with Crippen LogP contribution < -0.4 is 4.74 Å². The zero-order valence-corrected chi connectivity index (χ0v) is 13.5. The van der Waals surface area contributed by atoms with Gasteiger partial charge in [-0.1, -0.05) is 0 Å². The third-order valence-corrected chi connectivity index (χ3v) is 65.0. The zero-order valence-electron chi connectivity index (χ0n) is 11.3. The summed E-state index contributed by atoms with van der Waals surface area (Å²) in [6.07, 6.45) is 0. The van der Waals surface area contributed by atoms with Gasteiger partial charge in [0.1, 0.15) is 0 Å². The first-order valence-corrected chi connectivity index (χ1v) is 14.9. The van der Waals surface area contributed by atoms with Crippen LogP contribution in [0.4, 0.5) is 0 Å². The van der Waals surface area contributed by atoms with Crippen LogP contribution in [-0.4, -0.2) is 11.2 Å². The van der Waals surface area contributed by atoms with E-state index >= 15 is 0 Å². The van der Waals surface area contributed by atoms with Gasteiger partial charge in [-0.05, 0) is 0 Å². The first kappa shape index (κ1) is 8.00. The number of benzene rings is 1. The molecule has 104 valence electrons. The van der Waals surface area contributed by atoms with Gasteiger partial charge in [0, 0.05) is 0 Å². The number of hydrogen-bond donors (Lipinski definition) is 0. The molecule has 1 spiro atoms. The number of rotatable bonds is 2. The van der Waals surface area contributed by atoms with E-state index in [1.54, 1.807) is 12.7 Å². The number of ether oxygens (including phenoxy) is 1. The fourth-order valence-electron chi connectivity index (χ4n) is 18.3. The van der Waals surface area contributed by atoms with Crippen LogP contribution in [0.3, 0.4) is 0 Å². The Balaban J connectivity index is 1.46. The standard InChI is InChI=1S/C12H12OP.C5H5.Fe/c1-13-10-7-5-9(6-8-10)11-3-2-4-12(11)14;1-2-4-5-3-1;/h2-8H,14H2,1H3;1-5H;. The number of fused-ring (bicyclic) bond motifs is 10. The average molecular weight is 324 g/mol. The molecule has 10 saturated heterocycles. The second-order valence-corrected chi connectivity index (χ2v) is 36.3. The molecular formula is C17H17FeOP. The molecule has 0 aliphatic carbocycles. The van der Waals surface area contributed by atoms with Gasteiger partial charge in [-0.3, -0.25) is 0 Å². The Morgan fingerprint density at radius 2 is 1.55 bits per heavy atom. The monoisotopic (exact) mass is 324 g/mol. The Kier molecular flexibility index (Phi) is 0.290. The van der Waals surface area contributed by atoms with Crippen molar-refractivity contribution in [3.63, 3.8) is 0 Å². The Hall–Kier alpha value is -0.0305. The molecule has 0 N–H and O–H groups in total. The van der Waals surface area contributed by atoms with E-state index in [2.05, 4.69) is 33.5 Å². The SMILES string of the molecule is COc1ccc([C]23[CH]4[CH]5[CH]6[C]2(P)[Fe]56432789[CH]3[CH]2[CH]7[CH]8[CH]39)cc1. The second-order valence-electron chi connectivity index (χ2n) is 11.5. The van der Waals surface area contributed by atoms with Crippen LogP contribution in [0.2, 0.25) is 38.5 Å². The van der Waals surface area contributed by atoms with Crippen molar-refractivity contribution in [2.24, 2.45) is 0 Å². The maximum atomic E-state index is 5.40. The van der Waals surface area contributed by atoms with E-state index in [1.807, 2.05) is 0 Å². The molecule has 11 rings (SSSR count). The van der Waals surface area contributed by atoms with Crippen molar-refractivity contribution in [2.45, 2.75) is 46.9 Å². The van der Waals surface area contributed by atoms with Gasteiger partial charge in [0.15, 0.2) is 0 Å². The molecule has 1 nitrogen and oxygen atoms in total. The summed E-state index contributed by atoms with van der Waals surface area (Å²) in [7, 11) is 5.37. The second kappa shape index (κ2) is 0.724. The molecule has 0 saturated carbocycles. The van der Waals surface area contributed by atoms with E-state index in [0.29, 0.717) is 0 Å². The molecule has 0 aromatic heterocycles. The van der Waals surface area contributed by atoms with E-state index in [4.69, 9.17) is 4.74 Å². The summed E-state index contributed by atoms with van der Waals surface area (Å²) < 4.78 is 7.08. The first-order valence-electron chi connectivity index (χ1n) is 8.12. The summed E-state index contributed by atoms with van der Waals surface area (Å²) in [5.41, 5.74) is 1.79. The molecule has 10 aliphatic heterocycles. The molecule has 1 aromatic carbocycles. The van der Waals surface area contributed by atoms with Gasteiger partial charge in [0.05, 0.1) is 0 Å². The Morgan fingerprint density at radius 3 is 1.85 bits per heavy atom. The van der Waals surface area contributed by atoms with Crippen LogP contribution in [0.5, 0.6) is 5.75 Å². The normalized spacial score (nSPS) is 106. The third-order valence-electron chi connectivity index (χ3n) is 16.5. The van der Waals surface area contributed by atoms with Crippen molar-refractivity contribution >= 4 is 9.24 Å². The van der Waals surface area contributed by atoms with Gasteiger partial charge in [0.2, 0.25) is 0 Å². The van der Waals surface area contributed by atoms with Crippen LogP contribution in [-0.2, 0) is 10.8 Å². The first-order chi connectivity index (χ1) is 9.47. The third kappa shape index (κ3) is 0.0862. The summed E-state index contributed by atoms with van der Waals surface area (Å²) in [6, 6.07) is 9.45. The van der Waals surface area contributed by atoms with Gasteiger partial charge in [-0.25, -0.2) is 0 Å². The fourth-order valence-corrected chi connectivity index (χ4v) is 103. The Morgan fingerprint density at radius 1 is 0.950 bits per heavy atom. The minimum absolute atomic E-state index is 0.822. The van der Waals surface area contributed by atoms with E-state index in [0.717, 1.165) is 14.1 Å². The van der Waals surface area contributed by atoms with Crippen LogP contribution in [0.15, 0.2) is 24.3 Å². The summed E-state index contributed by atoms with van der Waals surface area (Å²) in [5, 5.41) is 0. The zero-order chi connectivity index (χ0) is 12.6. The predicted octanol–water partition coefficient (Wildman–Crippen LogP) is 4.27. The van der Waals surface area contributed by atoms with Crippen molar-refractivity contribution in [3.8, 4) is 5.75 Å². The molecule has 3 heteroatoms.